The highest BCUT2D eigenvalue weighted by Gasteiger charge is 2.63. The van der Waals surface area contributed by atoms with Crippen LogP contribution in [0.15, 0.2) is 41.3 Å². The number of nitro groups is 1. The van der Waals surface area contributed by atoms with Gasteiger partial charge in [-0.1, -0.05) is 12.6 Å². The molecule has 1 atom stereocenters. The van der Waals surface area contributed by atoms with Gasteiger partial charge in [0.2, 0.25) is 5.79 Å². The number of benzene rings is 1. The van der Waals surface area contributed by atoms with Crippen molar-refractivity contribution in [2.24, 2.45) is 23.2 Å². The van der Waals surface area contributed by atoms with Gasteiger partial charge in [-0.3, -0.25) is 10.1 Å². The molecule has 8 nitrogen and oxygen atoms in total. The summed E-state index contributed by atoms with van der Waals surface area (Å²) in [4.78, 5) is 22.2. The van der Waals surface area contributed by atoms with Crippen LogP contribution in [-0.2, 0) is 23.8 Å². The molecule has 0 amide bonds. The zero-order chi connectivity index (χ0) is 25.1. The van der Waals surface area contributed by atoms with Crippen LogP contribution < -0.4 is 0 Å². The fourth-order valence-electron chi connectivity index (χ4n) is 6.24. The number of non-ortho nitro benzene ring substituents is 1. The molecule has 0 heterocycles. The molecule has 1 aromatic rings. The van der Waals surface area contributed by atoms with Crippen molar-refractivity contribution in [1.82, 2.24) is 0 Å². The number of hydrogen-bond acceptors (Lipinski definition) is 7. The van der Waals surface area contributed by atoms with Crippen molar-refractivity contribution in [2.75, 3.05) is 0 Å². The molecule has 186 valence electrons. The molecule has 1 unspecified atom stereocenters. The molecule has 0 aromatic heterocycles. The second kappa shape index (κ2) is 8.04. The number of carbonyl (C=O) groups excluding carboxylic acids is 1. The fourth-order valence-corrected chi connectivity index (χ4v) is 7.48. The Bertz CT molecular complexity index is 1110. The molecule has 4 bridgehead atoms. The number of carbonyl (C=O) groups is 1. The zero-order valence-corrected chi connectivity index (χ0v) is 19.2. The predicted octanol–water partition coefficient (Wildman–Crippen LogP) is 4.89. The second-order valence-electron chi connectivity index (χ2n) is 9.80. The average Bonchev–Trinajstić information content (AvgIpc) is 2.71. The van der Waals surface area contributed by atoms with Crippen molar-refractivity contribution in [3.05, 3.63) is 46.5 Å². The highest BCUT2D eigenvalue weighted by atomic mass is 32.2. The van der Waals surface area contributed by atoms with Crippen LogP contribution >= 0.6 is 0 Å². The number of rotatable bonds is 7. The monoisotopic (exact) mass is 503 g/mol. The molecular weight excluding hydrogens is 479 g/mol. The van der Waals surface area contributed by atoms with E-state index in [0.29, 0.717) is 19.3 Å². The summed E-state index contributed by atoms with van der Waals surface area (Å²) in [6.07, 6.45) is -0.982. The van der Waals surface area contributed by atoms with E-state index in [9.17, 15) is 36.5 Å². The zero-order valence-electron chi connectivity index (χ0n) is 18.3. The summed E-state index contributed by atoms with van der Waals surface area (Å²) in [5, 5.41) is 11.1. The Morgan fingerprint density at radius 3 is 2.15 bits per heavy atom. The van der Waals surface area contributed by atoms with E-state index in [1.807, 2.05) is 0 Å². The molecule has 4 aliphatic carbocycles. The van der Waals surface area contributed by atoms with Gasteiger partial charge in [-0.25, -0.2) is 8.98 Å². The number of halogens is 3. The first kappa shape index (κ1) is 24.6. The number of hydrogen-bond donors (Lipinski definition) is 0. The largest absolute Gasteiger partial charge is 0.428 e. The van der Waals surface area contributed by atoms with E-state index in [-0.39, 0.29) is 17.8 Å². The minimum atomic E-state index is -5.07. The fraction of sp³-hybridized carbons (Fsp3) is 0.591. The Morgan fingerprint density at radius 2 is 1.68 bits per heavy atom. The molecule has 4 saturated carbocycles. The quantitative estimate of drug-likeness (QED) is 0.130. The van der Waals surface area contributed by atoms with Crippen LogP contribution in [0.1, 0.15) is 45.4 Å². The number of nitro benzene ring substituents is 1. The lowest BCUT2D eigenvalue weighted by atomic mass is 9.47. The number of esters is 1. The lowest BCUT2D eigenvalue weighted by molar-refractivity contribution is -0.385. The summed E-state index contributed by atoms with van der Waals surface area (Å²) in [5.41, 5.74) is -3.31. The number of nitrogens with zero attached hydrogens (tertiary/aromatic N) is 1. The molecule has 1 aromatic carbocycles. The third kappa shape index (κ3) is 4.33. The average molecular weight is 503 g/mol. The molecule has 0 spiro atoms. The van der Waals surface area contributed by atoms with Crippen LogP contribution in [0.5, 0.6) is 0 Å². The normalized spacial score (nSPS) is 29.9. The predicted molar refractivity (Wildman–Crippen MR) is 112 cm³/mol. The molecular formula is C22H24F3NO7S. The Kier molecular flexibility index (Phi) is 5.83. The third-order valence-corrected chi connectivity index (χ3v) is 8.83. The van der Waals surface area contributed by atoms with Crippen LogP contribution in [0.2, 0.25) is 0 Å². The van der Waals surface area contributed by atoms with E-state index < -0.39 is 54.5 Å². The van der Waals surface area contributed by atoms with Crippen molar-refractivity contribution in [3.8, 4) is 0 Å². The van der Waals surface area contributed by atoms with Crippen LogP contribution in [0, 0.1) is 33.3 Å². The number of ether oxygens (including phenoxy) is 1. The van der Waals surface area contributed by atoms with Crippen molar-refractivity contribution in [1.29, 1.82) is 0 Å². The molecule has 12 heteroatoms. The maximum Gasteiger partial charge on any atom is 0.422 e. The summed E-state index contributed by atoms with van der Waals surface area (Å²) >= 11 is 0. The molecule has 0 saturated heterocycles. The molecule has 0 N–H and O–H groups in total. The minimum Gasteiger partial charge on any atom is -0.428 e. The lowest BCUT2D eigenvalue weighted by Crippen LogP contribution is -2.60. The van der Waals surface area contributed by atoms with Gasteiger partial charge in [0.25, 0.3) is 5.69 Å². The van der Waals surface area contributed by atoms with Gasteiger partial charge in [-0.2, -0.15) is 21.6 Å². The van der Waals surface area contributed by atoms with Crippen LogP contribution in [0.4, 0.5) is 18.9 Å². The van der Waals surface area contributed by atoms with Gasteiger partial charge in [-0.15, -0.1) is 0 Å². The van der Waals surface area contributed by atoms with E-state index in [4.69, 9.17) is 8.92 Å². The third-order valence-electron chi connectivity index (χ3n) is 7.46. The van der Waals surface area contributed by atoms with E-state index in [0.717, 1.165) is 43.5 Å². The Hall–Kier alpha value is -2.47. The summed E-state index contributed by atoms with van der Waals surface area (Å²) in [5.74, 6) is -3.42. The van der Waals surface area contributed by atoms with Crippen molar-refractivity contribution in [2.45, 2.75) is 62.3 Å². The molecule has 4 aliphatic rings. The van der Waals surface area contributed by atoms with Gasteiger partial charge in [0.1, 0.15) is 10.5 Å². The summed E-state index contributed by atoms with van der Waals surface area (Å²) in [6.45, 7) is 3.94. The minimum absolute atomic E-state index is 0.221. The van der Waals surface area contributed by atoms with E-state index in [1.54, 1.807) is 0 Å². The maximum atomic E-state index is 13.2. The SMILES string of the molecule is C=C(C(=O)OC(C)(OS(=O)(=O)c1cccc([N+](=O)[O-])c1)C12CC3CC(CC(C3)C1)C2)C(F)(F)F. The van der Waals surface area contributed by atoms with Gasteiger partial charge < -0.3 is 4.74 Å². The molecule has 4 fully saturated rings. The van der Waals surface area contributed by atoms with E-state index >= 15 is 0 Å². The van der Waals surface area contributed by atoms with Gasteiger partial charge >= 0.3 is 22.3 Å². The standard InChI is InChI=1S/C22H24F3NO7S/c1-13(22(23,24)25)19(27)32-20(2,21-10-14-6-15(11-21)8-16(7-14)12-21)33-34(30,31)18-5-3-4-17(9-18)26(28)29/h3-5,9,14-16H,1,6-8,10-12H2,2H3. The molecule has 34 heavy (non-hydrogen) atoms. The molecule has 0 aliphatic heterocycles. The Labute approximate surface area is 194 Å². The summed E-state index contributed by atoms with van der Waals surface area (Å²) < 4.78 is 76.5. The summed E-state index contributed by atoms with van der Waals surface area (Å²) in [6, 6.07) is 4.09. The van der Waals surface area contributed by atoms with Gasteiger partial charge in [0.05, 0.1) is 4.92 Å². The molecule has 5 rings (SSSR count). The van der Waals surface area contributed by atoms with Crippen LogP contribution in [0.25, 0.3) is 0 Å². The van der Waals surface area contributed by atoms with Gasteiger partial charge in [0, 0.05) is 24.5 Å². The second-order valence-corrected chi connectivity index (χ2v) is 11.3. The topological polar surface area (TPSA) is 113 Å². The first-order valence-corrected chi connectivity index (χ1v) is 12.2. The van der Waals surface area contributed by atoms with Crippen molar-refractivity contribution < 1.29 is 40.2 Å². The highest BCUT2D eigenvalue weighted by molar-refractivity contribution is 7.86. The van der Waals surface area contributed by atoms with Crippen molar-refractivity contribution in [3.63, 3.8) is 0 Å². The highest BCUT2D eigenvalue weighted by Crippen LogP contribution is 2.65. The van der Waals surface area contributed by atoms with Crippen LogP contribution in [-0.4, -0.2) is 31.3 Å². The Morgan fingerprint density at radius 1 is 1.15 bits per heavy atom. The van der Waals surface area contributed by atoms with Crippen LogP contribution in [0.3, 0.4) is 0 Å². The first-order valence-electron chi connectivity index (χ1n) is 10.8. The van der Waals surface area contributed by atoms with Gasteiger partial charge in [0.15, 0.2) is 0 Å². The number of alkyl halides is 3. The summed E-state index contributed by atoms with van der Waals surface area (Å²) in [7, 11) is -4.77. The molecule has 0 radical (unpaired) electrons. The smallest absolute Gasteiger partial charge is 0.422 e. The van der Waals surface area contributed by atoms with Crippen molar-refractivity contribution >= 4 is 21.8 Å². The maximum absolute atomic E-state index is 13.2. The van der Waals surface area contributed by atoms with Gasteiger partial charge in [-0.05, 0) is 62.3 Å². The Balaban J connectivity index is 1.74. The lowest BCUT2D eigenvalue weighted by Gasteiger charge is -2.61. The van der Waals surface area contributed by atoms with E-state index in [2.05, 4.69) is 6.58 Å². The van der Waals surface area contributed by atoms with E-state index in [1.165, 1.54) is 6.92 Å². The first-order chi connectivity index (χ1) is 15.6.